The number of carbonyl (C=O) groups is 1. The van der Waals surface area contributed by atoms with Crippen LogP contribution >= 0.6 is 0 Å². The Balaban J connectivity index is 2.27. The normalized spacial score (nSPS) is 18.0. The van der Waals surface area contributed by atoms with Crippen LogP contribution in [0.1, 0.15) is 30.0 Å². The van der Waals surface area contributed by atoms with E-state index in [1.807, 2.05) is 25.1 Å². The van der Waals surface area contributed by atoms with Crippen LogP contribution in [0, 0.1) is 12.3 Å². The highest BCUT2D eigenvalue weighted by atomic mass is 16.5. The van der Waals surface area contributed by atoms with Crippen molar-refractivity contribution in [3.8, 4) is 5.75 Å². The van der Waals surface area contributed by atoms with Crippen LogP contribution in [0.3, 0.4) is 0 Å². The summed E-state index contributed by atoms with van der Waals surface area (Å²) in [7, 11) is 3.05. The van der Waals surface area contributed by atoms with Crippen LogP contribution in [0.15, 0.2) is 18.2 Å². The molecule has 2 N–H and O–H groups in total. The molecule has 0 bridgehead atoms. The van der Waals surface area contributed by atoms with E-state index in [0.29, 0.717) is 0 Å². The maximum Gasteiger partial charge on any atom is 0.313 e. The van der Waals surface area contributed by atoms with Gasteiger partial charge >= 0.3 is 5.97 Å². The van der Waals surface area contributed by atoms with Gasteiger partial charge in [-0.05, 0) is 37.0 Å². The Labute approximate surface area is 107 Å². The number of nitrogens with two attached hydrogens (primary N) is 1. The number of benzene rings is 1. The third-order valence-corrected chi connectivity index (χ3v) is 3.75. The molecule has 1 saturated carbocycles. The maximum absolute atomic E-state index is 11.8. The molecule has 4 nitrogen and oxygen atoms in total. The lowest BCUT2D eigenvalue weighted by Gasteiger charge is -2.22. The van der Waals surface area contributed by atoms with Crippen LogP contribution in [-0.4, -0.2) is 20.2 Å². The zero-order chi connectivity index (χ0) is 13.3. The van der Waals surface area contributed by atoms with Crippen molar-refractivity contribution < 1.29 is 14.3 Å². The zero-order valence-electron chi connectivity index (χ0n) is 11.0. The summed E-state index contributed by atoms with van der Waals surface area (Å²) >= 11 is 0. The van der Waals surface area contributed by atoms with Gasteiger partial charge in [-0.15, -0.1) is 0 Å². The number of rotatable bonds is 4. The smallest absolute Gasteiger partial charge is 0.313 e. The number of aryl methyl sites for hydroxylation is 1. The molecule has 4 heteroatoms. The average Bonchev–Trinajstić information content (AvgIpc) is 3.18. The van der Waals surface area contributed by atoms with E-state index in [1.165, 1.54) is 7.11 Å². The van der Waals surface area contributed by atoms with Crippen molar-refractivity contribution in [2.24, 2.45) is 11.1 Å². The Bertz CT molecular complexity index is 466. The lowest BCUT2D eigenvalue weighted by molar-refractivity contribution is -0.148. The molecule has 0 radical (unpaired) electrons. The average molecular weight is 249 g/mol. The summed E-state index contributed by atoms with van der Waals surface area (Å²) in [6, 6.07) is 5.47. The summed E-state index contributed by atoms with van der Waals surface area (Å²) in [5.74, 6) is 0.623. The summed E-state index contributed by atoms with van der Waals surface area (Å²) in [6.45, 7) is 1.97. The third kappa shape index (κ3) is 1.97. The summed E-state index contributed by atoms with van der Waals surface area (Å²) in [6.07, 6.45) is 1.60. The molecule has 0 amide bonds. The minimum absolute atomic E-state index is 0.205. The van der Waals surface area contributed by atoms with E-state index in [9.17, 15) is 4.79 Å². The van der Waals surface area contributed by atoms with E-state index < -0.39 is 5.41 Å². The van der Waals surface area contributed by atoms with Crippen molar-refractivity contribution in [2.45, 2.75) is 25.8 Å². The van der Waals surface area contributed by atoms with Gasteiger partial charge in [0.15, 0.2) is 0 Å². The van der Waals surface area contributed by atoms with Crippen LogP contribution in [0.5, 0.6) is 5.75 Å². The van der Waals surface area contributed by atoms with Gasteiger partial charge in [-0.25, -0.2) is 0 Å². The fourth-order valence-electron chi connectivity index (χ4n) is 2.39. The van der Waals surface area contributed by atoms with Gasteiger partial charge in [-0.3, -0.25) is 4.79 Å². The van der Waals surface area contributed by atoms with Crippen molar-refractivity contribution in [2.75, 3.05) is 14.2 Å². The molecular formula is C14H19NO3. The number of carbonyl (C=O) groups excluding carboxylic acids is 1. The number of hydrogen-bond acceptors (Lipinski definition) is 4. The molecule has 1 aromatic carbocycles. The number of methoxy groups -OCH3 is 2. The SMILES string of the molecule is COC(=O)C1(C(N)c2ccc(OC)c(C)c2)CC1. The molecule has 0 aromatic heterocycles. The molecule has 98 valence electrons. The fourth-order valence-corrected chi connectivity index (χ4v) is 2.39. The van der Waals surface area contributed by atoms with Crippen molar-refractivity contribution >= 4 is 5.97 Å². The minimum atomic E-state index is -0.518. The molecule has 1 unspecified atom stereocenters. The molecule has 2 rings (SSSR count). The number of esters is 1. The first-order valence-corrected chi connectivity index (χ1v) is 6.03. The van der Waals surface area contributed by atoms with Gasteiger partial charge in [0.2, 0.25) is 0 Å². The maximum atomic E-state index is 11.8. The predicted octanol–water partition coefficient (Wildman–Crippen LogP) is 1.96. The lowest BCUT2D eigenvalue weighted by Crippen LogP contribution is -2.31. The van der Waals surface area contributed by atoms with Crippen LogP contribution in [0.4, 0.5) is 0 Å². The van der Waals surface area contributed by atoms with Gasteiger partial charge in [0.05, 0.1) is 19.6 Å². The second-order valence-corrected chi connectivity index (χ2v) is 4.85. The molecule has 0 saturated heterocycles. The van der Waals surface area contributed by atoms with Gasteiger partial charge in [-0.2, -0.15) is 0 Å². The summed E-state index contributed by atoms with van der Waals surface area (Å²) in [4.78, 5) is 11.8. The van der Waals surface area contributed by atoms with E-state index in [-0.39, 0.29) is 12.0 Å². The lowest BCUT2D eigenvalue weighted by atomic mass is 9.90. The standard InChI is InChI=1S/C14H19NO3/c1-9-8-10(4-5-11(9)17-2)12(15)14(6-7-14)13(16)18-3/h4-5,8,12H,6-7,15H2,1-3H3. The number of hydrogen-bond donors (Lipinski definition) is 1. The molecule has 0 aliphatic heterocycles. The summed E-state index contributed by atoms with van der Waals surface area (Å²) in [5.41, 5.74) is 7.69. The van der Waals surface area contributed by atoms with Crippen LogP contribution in [-0.2, 0) is 9.53 Å². The first kappa shape index (κ1) is 12.9. The molecule has 1 aromatic rings. The number of ether oxygens (including phenoxy) is 2. The van der Waals surface area contributed by atoms with Crippen LogP contribution in [0.2, 0.25) is 0 Å². The Morgan fingerprint density at radius 3 is 2.50 bits per heavy atom. The molecule has 1 fully saturated rings. The Morgan fingerprint density at radius 1 is 1.39 bits per heavy atom. The van der Waals surface area contributed by atoms with Crippen LogP contribution < -0.4 is 10.5 Å². The summed E-state index contributed by atoms with van der Waals surface area (Å²) < 4.78 is 10.1. The molecule has 1 aliphatic carbocycles. The van der Waals surface area contributed by atoms with Crippen LogP contribution in [0.25, 0.3) is 0 Å². The molecule has 1 atom stereocenters. The van der Waals surface area contributed by atoms with E-state index in [1.54, 1.807) is 7.11 Å². The largest absolute Gasteiger partial charge is 0.496 e. The Hall–Kier alpha value is -1.55. The van der Waals surface area contributed by atoms with Gasteiger partial charge in [0.1, 0.15) is 5.75 Å². The van der Waals surface area contributed by atoms with Gasteiger partial charge < -0.3 is 15.2 Å². The van der Waals surface area contributed by atoms with Crippen molar-refractivity contribution in [1.82, 2.24) is 0 Å². The molecular weight excluding hydrogens is 230 g/mol. The van der Waals surface area contributed by atoms with E-state index >= 15 is 0 Å². The highest BCUT2D eigenvalue weighted by Gasteiger charge is 2.56. The summed E-state index contributed by atoms with van der Waals surface area (Å²) in [5, 5.41) is 0. The van der Waals surface area contributed by atoms with Gasteiger partial charge in [-0.1, -0.05) is 12.1 Å². The zero-order valence-corrected chi connectivity index (χ0v) is 11.0. The van der Waals surface area contributed by atoms with Gasteiger partial charge in [0, 0.05) is 6.04 Å². The molecule has 0 spiro atoms. The molecule has 0 heterocycles. The van der Waals surface area contributed by atoms with Gasteiger partial charge in [0.25, 0.3) is 0 Å². The van der Waals surface area contributed by atoms with E-state index in [0.717, 1.165) is 29.7 Å². The molecule has 1 aliphatic rings. The molecule has 18 heavy (non-hydrogen) atoms. The van der Waals surface area contributed by atoms with Crippen molar-refractivity contribution in [3.05, 3.63) is 29.3 Å². The monoisotopic (exact) mass is 249 g/mol. The first-order valence-electron chi connectivity index (χ1n) is 6.03. The second kappa shape index (κ2) is 4.61. The predicted molar refractivity (Wildman–Crippen MR) is 68.3 cm³/mol. The Morgan fingerprint density at radius 2 is 2.06 bits per heavy atom. The van der Waals surface area contributed by atoms with Crippen molar-refractivity contribution in [1.29, 1.82) is 0 Å². The topological polar surface area (TPSA) is 61.5 Å². The first-order chi connectivity index (χ1) is 8.55. The fraction of sp³-hybridized carbons (Fsp3) is 0.500. The highest BCUT2D eigenvalue weighted by molar-refractivity contribution is 5.81. The quantitative estimate of drug-likeness (QED) is 0.829. The third-order valence-electron chi connectivity index (χ3n) is 3.75. The van der Waals surface area contributed by atoms with E-state index in [4.69, 9.17) is 15.2 Å². The van der Waals surface area contributed by atoms with E-state index in [2.05, 4.69) is 0 Å². The highest BCUT2D eigenvalue weighted by Crippen LogP contribution is 2.54. The Kier molecular flexibility index (Phi) is 3.30. The second-order valence-electron chi connectivity index (χ2n) is 4.85. The van der Waals surface area contributed by atoms with Crippen molar-refractivity contribution in [3.63, 3.8) is 0 Å². The minimum Gasteiger partial charge on any atom is -0.496 e.